The maximum Gasteiger partial charge on any atom is 0.264 e. The lowest BCUT2D eigenvalue weighted by Crippen LogP contribution is -2.28. The van der Waals surface area contributed by atoms with Crippen LogP contribution >= 0.6 is 11.3 Å². The Labute approximate surface area is 186 Å². The highest BCUT2D eigenvalue weighted by Gasteiger charge is 2.28. The number of hydrogen-bond donors (Lipinski definition) is 1. The summed E-state index contributed by atoms with van der Waals surface area (Å²) in [4.78, 5) is 25.0. The van der Waals surface area contributed by atoms with Gasteiger partial charge in [-0.2, -0.15) is 0 Å². The van der Waals surface area contributed by atoms with Crippen molar-refractivity contribution in [1.82, 2.24) is 14.9 Å². The number of nitrogens with zero attached hydrogens (tertiary/aromatic N) is 3. The van der Waals surface area contributed by atoms with Crippen LogP contribution in [0.1, 0.15) is 27.2 Å². The number of likely N-dealkylation sites (N-methyl/N-ethyl adjacent to an activating group) is 1. The largest absolute Gasteiger partial charge is 0.369 e. The number of hydrogen-bond acceptors (Lipinski definition) is 7. The van der Waals surface area contributed by atoms with E-state index in [1.54, 1.807) is 4.90 Å². The van der Waals surface area contributed by atoms with Crippen molar-refractivity contribution in [3.63, 3.8) is 0 Å². The number of thiophene rings is 1. The Hall–Kier alpha value is -2.52. The highest BCUT2D eigenvalue weighted by molar-refractivity contribution is 7.91. The summed E-state index contributed by atoms with van der Waals surface area (Å²) in [7, 11) is -1.09. The van der Waals surface area contributed by atoms with Crippen molar-refractivity contribution in [3.05, 3.63) is 52.7 Å². The second-order valence-electron chi connectivity index (χ2n) is 8.07. The summed E-state index contributed by atoms with van der Waals surface area (Å²) in [6.45, 7) is 3.09. The van der Waals surface area contributed by atoms with Gasteiger partial charge in [0.25, 0.3) is 5.91 Å². The number of carbonyl (C=O) groups excluding carboxylic acids is 1. The molecule has 3 aromatic rings. The van der Waals surface area contributed by atoms with Gasteiger partial charge in [-0.1, -0.05) is 30.3 Å². The predicted octanol–water partition coefficient (Wildman–Crippen LogP) is 3.16. The number of fused-ring (bicyclic) bond motifs is 1. The van der Waals surface area contributed by atoms with Crippen LogP contribution < -0.4 is 5.32 Å². The van der Waals surface area contributed by atoms with Crippen molar-refractivity contribution < 1.29 is 13.2 Å². The highest BCUT2D eigenvalue weighted by atomic mass is 32.2. The minimum Gasteiger partial charge on any atom is -0.369 e. The minimum atomic E-state index is -2.91. The molecule has 1 fully saturated rings. The fourth-order valence-corrected chi connectivity index (χ4v) is 6.91. The summed E-state index contributed by atoms with van der Waals surface area (Å²) in [5, 5.41) is 4.14. The van der Waals surface area contributed by atoms with E-state index in [-0.39, 0.29) is 23.3 Å². The quantitative estimate of drug-likeness (QED) is 0.585. The van der Waals surface area contributed by atoms with E-state index in [4.69, 9.17) is 0 Å². The van der Waals surface area contributed by atoms with Gasteiger partial charge in [-0.25, -0.2) is 18.4 Å². The summed E-state index contributed by atoms with van der Waals surface area (Å²) >= 11 is 1.38. The third-order valence-electron chi connectivity index (χ3n) is 5.73. The van der Waals surface area contributed by atoms with Crippen LogP contribution in [0.15, 0.2) is 36.7 Å². The zero-order valence-corrected chi connectivity index (χ0v) is 19.3. The van der Waals surface area contributed by atoms with Crippen LogP contribution in [0.25, 0.3) is 10.2 Å². The van der Waals surface area contributed by atoms with Gasteiger partial charge in [0.15, 0.2) is 9.84 Å². The second kappa shape index (κ2) is 8.92. The van der Waals surface area contributed by atoms with E-state index in [1.165, 1.54) is 23.2 Å². The number of aryl methyl sites for hydroxylation is 1. The smallest absolute Gasteiger partial charge is 0.264 e. The topological polar surface area (TPSA) is 92.3 Å². The third-order valence-corrected chi connectivity index (χ3v) is 8.76. The summed E-state index contributed by atoms with van der Waals surface area (Å²) in [5.41, 5.74) is 2.06. The van der Waals surface area contributed by atoms with Gasteiger partial charge in [0, 0.05) is 20.1 Å². The Morgan fingerprint density at radius 1 is 1.26 bits per heavy atom. The number of anilines is 1. The van der Waals surface area contributed by atoms with Gasteiger partial charge in [0.05, 0.1) is 21.8 Å². The summed E-state index contributed by atoms with van der Waals surface area (Å²) in [6.07, 6.45) is 2.95. The van der Waals surface area contributed by atoms with Crippen LogP contribution in [-0.2, 0) is 16.3 Å². The lowest BCUT2D eigenvalue weighted by Gasteiger charge is -2.17. The van der Waals surface area contributed by atoms with Crippen LogP contribution in [0.3, 0.4) is 0 Å². The molecule has 1 N–H and O–H groups in total. The van der Waals surface area contributed by atoms with Crippen molar-refractivity contribution in [2.24, 2.45) is 5.92 Å². The normalized spacial score (nSPS) is 17.7. The Kier molecular flexibility index (Phi) is 6.24. The molecule has 3 heterocycles. The number of aromatic nitrogens is 2. The molecule has 7 nitrogen and oxygen atoms in total. The number of rotatable bonds is 7. The van der Waals surface area contributed by atoms with Gasteiger partial charge in [-0.05, 0) is 36.8 Å². The van der Waals surface area contributed by atoms with Gasteiger partial charge in [-0.3, -0.25) is 4.79 Å². The lowest BCUT2D eigenvalue weighted by molar-refractivity contribution is 0.0801. The monoisotopic (exact) mass is 458 g/mol. The number of benzene rings is 1. The number of amides is 1. The van der Waals surface area contributed by atoms with E-state index in [9.17, 15) is 13.2 Å². The Balaban J connectivity index is 1.49. The molecule has 0 bridgehead atoms. The molecule has 9 heteroatoms. The van der Waals surface area contributed by atoms with E-state index in [0.29, 0.717) is 30.2 Å². The third kappa shape index (κ3) is 4.88. The first kappa shape index (κ1) is 21.7. The van der Waals surface area contributed by atoms with E-state index in [1.807, 2.05) is 32.2 Å². The van der Waals surface area contributed by atoms with Crippen LogP contribution in [-0.4, -0.2) is 60.8 Å². The molecule has 0 radical (unpaired) electrons. The van der Waals surface area contributed by atoms with Crippen molar-refractivity contribution in [3.8, 4) is 0 Å². The second-order valence-corrected chi connectivity index (χ2v) is 11.3. The Morgan fingerprint density at radius 3 is 2.74 bits per heavy atom. The average Bonchev–Trinajstić information content (AvgIpc) is 3.29. The van der Waals surface area contributed by atoms with Crippen LogP contribution in [0.4, 0.5) is 5.82 Å². The molecule has 0 aliphatic carbocycles. The van der Waals surface area contributed by atoms with Crippen LogP contribution in [0.2, 0.25) is 0 Å². The number of nitrogens with one attached hydrogen (secondary N) is 1. The molecule has 0 spiro atoms. The molecular weight excluding hydrogens is 432 g/mol. The van der Waals surface area contributed by atoms with Gasteiger partial charge in [-0.15, -0.1) is 11.3 Å². The minimum absolute atomic E-state index is 0.0238. The van der Waals surface area contributed by atoms with Crippen LogP contribution in [0, 0.1) is 12.8 Å². The molecule has 164 valence electrons. The molecular formula is C22H26N4O3S2. The zero-order valence-electron chi connectivity index (χ0n) is 17.7. The van der Waals surface area contributed by atoms with Crippen molar-refractivity contribution >= 4 is 43.1 Å². The standard InChI is InChI=1S/C22H26N4O3S2/c1-15-18-20(23-12-17-9-11-31(28,29)13-17)24-14-25-21(18)30-19(15)22(27)26(2)10-8-16-6-4-3-5-7-16/h3-7,14,17H,8-13H2,1-2H3,(H,23,24,25)/t17-/m1/s1. The summed E-state index contributed by atoms with van der Waals surface area (Å²) < 4.78 is 23.4. The van der Waals surface area contributed by atoms with Crippen LogP contribution in [0.5, 0.6) is 0 Å². The molecule has 0 unspecified atom stereocenters. The molecule has 2 aromatic heterocycles. The predicted molar refractivity (Wildman–Crippen MR) is 125 cm³/mol. The first-order valence-electron chi connectivity index (χ1n) is 10.3. The summed E-state index contributed by atoms with van der Waals surface area (Å²) in [5.74, 6) is 1.19. The first-order valence-corrected chi connectivity index (χ1v) is 13.0. The molecule has 1 atom stereocenters. The SMILES string of the molecule is Cc1c(C(=O)N(C)CCc2ccccc2)sc2ncnc(NC[C@H]3CCS(=O)(=O)C3)c12. The molecule has 1 amide bonds. The fraction of sp³-hybridized carbons (Fsp3) is 0.409. The van der Waals surface area contributed by atoms with Gasteiger partial charge < -0.3 is 10.2 Å². The van der Waals surface area contributed by atoms with E-state index >= 15 is 0 Å². The fourth-order valence-electron chi connectivity index (χ4n) is 3.90. The Bertz CT molecular complexity index is 1190. The molecule has 1 aromatic carbocycles. The maximum absolute atomic E-state index is 13.1. The van der Waals surface area contributed by atoms with Crippen molar-refractivity contribution in [2.45, 2.75) is 19.8 Å². The van der Waals surface area contributed by atoms with Gasteiger partial charge in [0.1, 0.15) is 17.0 Å². The van der Waals surface area contributed by atoms with Gasteiger partial charge >= 0.3 is 0 Å². The van der Waals surface area contributed by atoms with Crippen molar-refractivity contribution in [1.29, 1.82) is 0 Å². The number of carbonyl (C=O) groups is 1. The number of sulfone groups is 1. The summed E-state index contributed by atoms with van der Waals surface area (Å²) in [6, 6.07) is 10.1. The average molecular weight is 459 g/mol. The highest BCUT2D eigenvalue weighted by Crippen LogP contribution is 2.34. The first-order chi connectivity index (χ1) is 14.8. The van der Waals surface area contributed by atoms with E-state index < -0.39 is 9.84 Å². The van der Waals surface area contributed by atoms with Crippen molar-refractivity contribution in [2.75, 3.05) is 37.0 Å². The van der Waals surface area contributed by atoms with E-state index in [2.05, 4.69) is 27.4 Å². The molecule has 4 rings (SSSR count). The molecule has 0 saturated carbocycles. The lowest BCUT2D eigenvalue weighted by atomic mass is 10.1. The maximum atomic E-state index is 13.1. The van der Waals surface area contributed by atoms with Gasteiger partial charge in [0.2, 0.25) is 0 Å². The molecule has 1 saturated heterocycles. The van der Waals surface area contributed by atoms with E-state index in [0.717, 1.165) is 22.2 Å². The molecule has 1 aliphatic rings. The molecule has 31 heavy (non-hydrogen) atoms. The molecule has 1 aliphatic heterocycles. The Morgan fingerprint density at radius 2 is 2.03 bits per heavy atom. The zero-order chi connectivity index (χ0) is 22.0.